The minimum absolute atomic E-state index is 0.223. The number of anilines is 1. The van der Waals surface area contributed by atoms with Crippen LogP contribution < -0.4 is 20.2 Å². The molecule has 3 aromatic carbocycles. The van der Waals surface area contributed by atoms with Gasteiger partial charge in [0.05, 0.1) is 18.3 Å². The average Bonchev–Trinajstić information content (AvgIpc) is 2.78. The van der Waals surface area contributed by atoms with E-state index in [-0.39, 0.29) is 29.2 Å². The summed E-state index contributed by atoms with van der Waals surface area (Å²) in [6.45, 7) is 1.68. The highest BCUT2D eigenvalue weighted by atomic mass is 35.5. The van der Waals surface area contributed by atoms with E-state index in [1.165, 1.54) is 13.3 Å². The molecule has 170 valence electrons. The molecule has 0 saturated carbocycles. The van der Waals surface area contributed by atoms with E-state index in [0.29, 0.717) is 27.6 Å². The van der Waals surface area contributed by atoms with Gasteiger partial charge in [0.2, 0.25) is 0 Å². The minimum atomic E-state index is -0.388. The smallest absolute Gasteiger partial charge is 0.271 e. The second-order valence-corrected chi connectivity index (χ2v) is 7.79. The van der Waals surface area contributed by atoms with Crippen LogP contribution >= 0.6 is 23.2 Å². The molecule has 0 aliphatic carbocycles. The second kappa shape index (κ2) is 11.4. The monoisotopic (exact) mass is 485 g/mol. The van der Waals surface area contributed by atoms with Crippen LogP contribution in [0.25, 0.3) is 0 Å². The first-order valence-electron chi connectivity index (χ1n) is 9.81. The van der Waals surface area contributed by atoms with Crippen molar-refractivity contribution in [1.82, 2.24) is 5.43 Å². The van der Waals surface area contributed by atoms with Gasteiger partial charge in [-0.2, -0.15) is 5.10 Å². The molecule has 0 aromatic heterocycles. The fraction of sp³-hybridized carbons (Fsp3) is 0.125. The predicted molar refractivity (Wildman–Crippen MR) is 130 cm³/mol. The van der Waals surface area contributed by atoms with Gasteiger partial charge in [-0.25, -0.2) is 5.43 Å². The third-order valence-corrected chi connectivity index (χ3v) is 4.92. The van der Waals surface area contributed by atoms with E-state index in [9.17, 15) is 9.59 Å². The molecule has 0 fully saturated rings. The van der Waals surface area contributed by atoms with Crippen LogP contribution in [0.3, 0.4) is 0 Å². The first-order valence-corrected chi connectivity index (χ1v) is 10.6. The first-order chi connectivity index (χ1) is 15.9. The van der Waals surface area contributed by atoms with Gasteiger partial charge in [-0.3, -0.25) is 9.59 Å². The van der Waals surface area contributed by atoms with E-state index >= 15 is 0 Å². The number of carbonyl (C=O) groups is 2. The summed E-state index contributed by atoms with van der Waals surface area (Å²) in [5.41, 5.74) is 5.10. The van der Waals surface area contributed by atoms with E-state index in [4.69, 9.17) is 32.7 Å². The Balaban J connectivity index is 1.62. The Morgan fingerprint density at radius 2 is 1.82 bits per heavy atom. The zero-order valence-corrected chi connectivity index (χ0v) is 19.4. The average molecular weight is 486 g/mol. The SMILES string of the molecule is COc1cc(/C=N/NC(=O)c2ccc(Cl)cc2)cc(Cl)c1OCC(=O)Nc1cccc(C)c1. The highest BCUT2D eigenvalue weighted by Gasteiger charge is 2.14. The van der Waals surface area contributed by atoms with Crippen LogP contribution in [0, 0.1) is 6.92 Å². The summed E-state index contributed by atoms with van der Waals surface area (Å²) < 4.78 is 10.9. The van der Waals surface area contributed by atoms with E-state index in [1.54, 1.807) is 42.5 Å². The Hall–Kier alpha value is -3.55. The molecule has 0 unspecified atom stereocenters. The van der Waals surface area contributed by atoms with Gasteiger partial charge in [0.1, 0.15) is 0 Å². The summed E-state index contributed by atoms with van der Waals surface area (Å²) in [5.74, 6) is -0.188. The summed E-state index contributed by atoms with van der Waals surface area (Å²) in [7, 11) is 1.45. The molecule has 0 aliphatic heterocycles. The molecular weight excluding hydrogens is 465 g/mol. The molecule has 0 bridgehead atoms. The lowest BCUT2D eigenvalue weighted by Crippen LogP contribution is -2.20. The van der Waals surface area contributed by atoms with E-state index in [2.05, 4.69) is 15.8 Å². The molecule has 0 radical (unpaired) electrons. The van der Waals surface area contributed by atoms with Crippen molar-refractivity contribution in [2.24, 2.45) is 5.10 Å². The zero-order chi connectivity index (χ0) is 23.8. The Morgan fingerprint density at radius 3 is 2.52 bits per heavy atom. The number of benzene rings is 3. The Labute approximate surface area is 201 Å². The van der Waals surface area contributed by atoms with Crippen LogP contribution in [0.4, 0.5) is 5.69 Å². The fourth-order valence-corrected chi connectivity index (χ4v) is 3.24. The lowest BCUT2D eigenvalue weighted by Gasteiger charge is -2.13. The van der Waals surface area contributed by atoms with Gasteiger partial charge in [-0.15, -0.1) is 0 Å². The number of nitrogens with one attached hydrogen (secondary N) is 2. The van der Waals surface area contributed by atoms with Gasteiger partial charge >= 0.3 is 0 Å². The zero-order valence-electron chi connectivity index (χ0n) is 17.9. The van der Waals surface area contributed by atoms with Gasteiger partial charge in [-0.1, -0.05) is 35.3 Å². The van der Waals surface area contributed by atoms with Gasteiger partial charge in [0.15, 0.2) is 18.1 Å². The Morgan fingerprint density at radius 1 is 1.06 bits per heavy atom. The van der Waals surface area contributed by atoms with Crippen LogP contribution in [0.1, 0.15) is 21.5 Å². The van der Waals surface area contributed by atoms with Crippen LogP contribution in [-0.4, -0.2) is 31.7 Å². The van der Waals surface area contributed by atoms with Crippen molar-refractivity contribution in [3.05, 3.63) is 87.4 Å². The number of hydrogen-bond donors (Lipinski definition) is 2. The summed E-state index contributed by atoms with van der Waals surface area (Å²) in [6.07, 6.45) is 1.41. The maximum atomic E-state index is 12.2. The van der Waals surface area contributed by atoms with Crippen molar-refractivity contribution in [3.8, 4) is 11.5 Å². The highest BCUT2D eigenvalue weighted by molar-refractivity contribution is 6.32. The van der Waals surface area contributed by atoms with Crippen molar-refractivity contribution >= 4 is 46.9 Å². The van der Waals surface area contributed by atoms with Crippen LogP contribution in [0.2, 0.25) is 10.0 Å². The molecular formula is C24H21Cl2N3O4. The van der Waals surface area contributed by atoms with Crippen molar-refractivity contribution < 1.29 is 19.1 Å². The molecule has 0 heterocycles. The topological polar surface area (TPSA) is 89.0 Å². The third kappa shape index (κ3) is 6.97. The highest BCUT2D eigenvalue weighted by Crippen LogP contribution is 2.36. The van der Waals surface area contributed by atoms with Gasteiger partial charge in [-0.05, 0) is 66.6 Å². The molecule has 2 amide bonds. The van der Waals surface area contributed by atoms with Crippen LogP contribution in [-0.2, 0) is 4.79 Å². The number of ether oxygens (including phenoxy) is 2. The molecule has 33 heavy (non-hydrogen) atoms. The quantitative estimate of drug-likeness (QED) is 0.343. The molecule has 0 atom stereocenters. The molecule has 3 rings (SSSR count). The van der Waals surface area contributed by atoms with Crippen molar-refractivity contribution in [1.29, 1.82) is 0 Å². The molecule has 0 saturated heterocycles. The Kier molecular flexibility index (Phi) is 8.29. The van der Waals surface area contributed by atoms with Gasteiger partial charge < -0.3 is 14.8 Å². The van der Waals surface area contributed by atoms with Crippen molar-refractivity contribution in [3.63, 3.8) is 0 Å². The number of aryl methyl sites for hydroxylation is 1. The molecule has 2 N–H and O–H groups in total. The molecule has 0 aliphatic rings. The number of methoxy groups -OCH3 is 1. The number of amides is 2. The summed E-state index contributed by atoms with van der Waals surface area (Å²) in [4.78, 5) is 24.3. The summed E-state index contributed by atoms with van der Waals surface area (Å²) >= 11 is 12.2. The Bertz CT molecular complexity index is 1180. The van der Waals surface area contributed by atoms with E-state index in [0.717, 1.165) is 5.56 Å². The van der Waals surface area contributed by atoms with E-state index in [1.807, 2.05) is 25.1 Å². The summed E-state index contributed by atoms with van der Waals surface area (Å²) in [6, 6.07) is 17.0. The normalized spacial score (nSPS) is 10.7. The number of halogens is 2. The van der Waals surface area contributed by atoms with Gasteiger partial charge in [0.25, 0.3) is 11.8 Å². The van der Waals surface area contributed by atoms with Crippen molar-refractivity contribution in [2.75, 3.05) is 19.0 Å². The first kappa shape index (κ1) is 24.1. The molecule has 7 nitrogen and oxygen atoms in total. The predicted octanol–water partition coefficient (Wildman–Crippen LogP) is 5.09. The lowest BCUT2D eigenvalue weighted by molar-refractivity contribution is -0.118. The number of nitrogens with zero attached hydrogens (tertiary/aromatic N) is 1. The van der Waals surface area contributed by atoms with Crippen LogP contribution in [0.5, 0.6) is 11.5 Å². The van der Waals surface area contributed by atoms with E-state index < -0.39 is 0 Å². The fourth-order valence-electron chi connectivity index (χ4n) is 2.84. The molecule has 9 heteroatoms. The second-order valence-electron chi connectivity index (χ2n) is 6.95. The molecule has 3 aromatic rings. The van der Waals surface area contributed by atoms with Crippen LogP contribution in [0.15, 0.2) is 65.8 Å². The number of carbonyl (C=O) groups excluding carboxylic acids is 2. The summed E-state index contributed by atoms with van der Waals surface area (Å²) in [5, 5.41) is 7.46. The largest absolute Gasteiger partial charge is 0.493 e. The number of hydrogen-bond acceptors (Lipinski definition) is 5. The maximum absolute atomic E-state index is 12.2. The number of rotatable bonds is 8. The maximum Gasteiger partial charge on any atom is 0.271 e. The standard InChI is InChI=1S/C24H21Cl2N3O4/c1-15-4-3-5-19(10-15)28-22(30)14-33-23-20(26)11-16(12-21(23)32-2)13-27-29-24(31)17-6-8-18(25)9-7-17/h3-13H,14H2,1-2H3,(H,28,30)(H,29,31)/b27-13+. The van der Waals surface area contributed by atoms with Crippen molar-refractivity contribution in [2.45, 2.75) is 6.92 Å². The van der Waals surface area contributed by atoms with Gasteiger partial charge in [0, 0.05) is 16.3 Å². The number of hydrazone groups is 1. The lowest BCUT2D eigenvalue weighted by atomic mass is 10.2. The molecule has 0 spiro atoms. The third-order valence-electron chi connectivity index (χ3n) is 4.39. The minimum Gasteiger partial charge on any atom is -0.493 e.